The van der Waals surface area contributed by atoms with Crippen molar-refractivity contribution in [2.75, 3.05) is 13.1 Å². The molecule has 116 valence electrons. The fraction of sp³-hybridized carbons (Fsp3) is 0.375. The number of alkyl halides is 1. The lowest BCUT2D eigenvalue weighted by Crippen LogP contribution is -2.42. The second kappa shape index (κ2) is 5.68. The summed E-state index contributed by atoms with van der Waals surface area (Å²) in [5, 5.41) is 9.43. The number of aromatic nitrogens is 1. The molecule has 0 spiro atoms. The van der Waals surface area contributed by atoms with Crippen molar-refractivity contribution < 1.29 is 14.3 Å². The van der Waals surface area contributed by atoms with E-state index in [2.05, 4.69) is 4.98 Å². The van der Waals surface area contributed by atoms with Crippen LogP contribution in [0.3, 0.4) is 0 Å². The summed E-state index contributed by atoms with van der Waals surface area (Å²) >= 11 is 1.37. The van der Waals surface area contributed by atoms with Crippen molar-refractivity contribution in [2.24, 2.45) is 0 Å². The van der Waals surface area contributed by atoms with Gasteiger partial charge in [-0.25, -0.2) is 14.2 Å². The number of aryl methyl sites for hydroxylation is 1. The highest BCUT2D eigenvalue weighted by Crippen LogP contribution is 2.41. The number of likely N-dealkylation sites (tertiary alicyclic amines) is 1. The summed E-state index contributed by atoms with van der Waals surface area (Å²) in [4.78, 5) is 17.7. The number of benzene rings is 1. The Hall–Kier alpha value is -1.95. The molecule has 2 heterocycles. The molecule has 3 rings (SSSR count). The van der Waals surface area contributed by atoms with Gasteiger partial charge in [-0.1, -0.05) is 30.3 Å². The van der Waals surface area contributed by atoms with Crippen LogP contribution in [0.1, 0.15) is 22.7 Å². The summed E-state index contributed by atoms with van der Waals surface area (Å²) < 4.78 is 15.2. The maximum Gasteiger partial charge on any atom is 0.407 e. The fourth-order valence-electron chi connectivity index (χ4n) is 2.72. The van der Waals surface area contributed by atoms with Gasteiger partial charge in [0.15, 0.2) is 5.67 Å². The molecule has 1 aliphatic rings. The van der Waals surface area contributed by atoms with E-state index >= 15 is 4.39 Å². The molecule has 0 bridgehead atoms. The minimum absolute atomic E-state index is 0.167. The Labute approximate surface area is 132 Å². The molecule has 1 aromatic heterocycles. The average Bonchev–Trinajstić information content (AvgIpc) is 2.91. The Kier molecular flexibility index (Phi) is 3.87. The summed E-state index contributed by atoms with van der Waals surface area (Å²) in [7, 11) is 0. The molecular weight excluding hydrogens is 303 g/mol. The first kappa shape index (κ1) is 15.0. The van der Waals surface area contributed by atoms with Crippen molar-refractivity contribution in [3.8, 4) is 11.3 Å². The van der Waals surface area contributed by atoms with Crippen molar-refractivity contribution in [3.63, 3.8) is 0 Å². The van der Waals surface area contributed by atoms with Gasteiger partial charge in [0, 0.05) is 36.4 Å². The van der Waals surface area contributed by atoms with E-state index in [0.717, 1.165) is 16.1 Å². The molecule has 2 aromatic rings. The SMILES string of the molecule is Cc1sc(C2(F)CCN(C(=O)O)CC2)nc1-c1ccccc1. The molecule has 1 aromatic carbocycles. The summed E-state index contributed by atoms with van der Waals surface area (Å²) in [5.74, 6) is 0. The predicted octanol–water partition coefficient (Wildman–Crippen LogP) is 4.06. The number of carbonyl (C=O) groups is 1. The van der Waals surface area contributed by atoms with Crippen molar-refractivity contribution >= 4 is 17.4 Å². The molecule has 0 aliphatic carbocycles. The van der Waals surface area contributed by atoms with E-state index in [1.165, 1.54) is 16.2 Å². The largest absolute Gasteiger partial charge is 0.465 e. The van der Waals surface area contributed by atoms with Crippen LogP contribution >= 0.6 is 11.3 Å². The third-order valence-electron chi connectivity index (χ3n) is 4.05. The summed E-state index contributed by atoms with van der Waals surface area (Å²) in [5.41, 5.74) is 0.279. The number of hydrogen-bond donors (Lipinski definition) is 1. The number of hydrogen-bond acceptors (Lipinski definition) is 3. The first-order chi connectivity index (χ1) is 10.5. The zero-order valence-corrected chi connectivity index (χ0v) is 13.1. The highest BCUT2D eigenvalue weighted by molar-refractivity contribution is 7.12. The zero-order valence-electron chi connectivity index (χ0n) is 12.3. The topological polar surface area (TPSA) is 53.4 Å². The number of thiazole rings is 1. The van der Waals surface area contributed by atoms with E-state index in [0.29, 0.717) is 5.01 Å². The molecule has 0 unspecified atom stereocenters. The van der Waals surface area contributed by atoms with Crippen LogP contribution in [0.5, 0.6) is 0 Å². The Morgan fingerprint density at radius 3 is 2.55 bits per heavy atom. The molecule has 22 heavy (non-hydrogen) atoms. The number of carboxylic acid groups (broad SMARTS) is 1. The van der Waals surface area contributed by atoms with Gasteiger partial charge in [0.2, 0.25) is 0 Å². The van der Waals surface area contributed by atoms with Crippen LogP contribution in [-0.4, -0.2) is 34.2 Å². The van der Waals surface area contributed by atoms with Gasteiger partial charge in [-0.2, -0.15) is 0 Å². The van der Waals surface area contributed by atoms with E-state index in [-0.39, 0.29) is 25.9 Å². The highest BCUT2D eigenvalue weighted by atomic mass is 32.1. The number of halogens is 1. The third-order valence-corrected chi connectivity index (χ3v) is 5.20. The van der Waals surface area contributed by atoms with Gasteiger partial charge in [-0.15, -0.1) is 11.3 Å². The summed E-state index contributed by atoms with van der Waals surface area (Å²) in [6.07, 6.45) is -0.650. The monoisotopic (exact) mass is 320 g/mol. The Morgan fingerprint density at radius 1 is 1.32 bits per heavy atom. The van der Waals surface area contributed by atoms with Crippen molar-refractivity contribution in [1.82, 2.24) is 9.88 Å². The minimum Gasteiger partial charge on any atom is -0.465 e. The molecule has 0 atom stereocenters. The second-order valence-corrected chi connectivity index (χ2v) is 6.73. The van der Waals surface area contributed by atoms with Gasteiger partial charge < -0.3 is 10.0 Å². The number of nitrogens with zero attached hydrogens (tertiary/aromatic N) is 2. The molecule has 0 saturated carbocycles. The van der Waals surface area contributed by atoms with E-state index in [1.807, 2.05) is 37.3 Å². The van der Waals surface area contributed by atoms with Crippen LogP contribution in [-0.2, 0) is 5.67 Å². The van der Waals surface area contributed by atoms with Crippen LogP contribution in [0.15, 0.2) is 30.3 Å². The molecule has 4 nitrogen and oxygen atoms in total. The first-order valence-electron chi connectivity index (χ1n) is 7.20. The van der Waals surface area contributed by atoms with E-state index in [1.54, 1.807) is 0 Å². The third kappa shape index (κ3) is 2.70. The van der Waals surface area contributed by atoms with E-state index in [9.17, 15) is 4.79 Å². The van der Waals surface area contributed by atoms with Crippen molar-refractivity contribution in [3.05, 3.63) is 40.2 Å². The van der Waals surface area contributed by atoms with Gasteiger partial charge in [-0.3, -0.25) is 0 Å². The Morgan fingerprint density at radius 2 is 1.95 bits per heavy atom. The average molecular weight is 320 g/mol. The Balaban J connectivity index is 1.86. The molecular formula is C16H17FN2O2S. The lowest BCUT2D eigenvalue weighted by Gasteiger charge is -2.33. The predicted molar refractivity (Wildman–Crippen MR) is 83.9 cm³/mol. The van der Waals surface area contributed by atoms with E-state index < -0.39 is 11.8 Å². The standard InChI is InChI=1S/C16H17FN2O2S/c1-11-13(12-5-3-2-4-6-12)18-14(22-11)16(17)7-9-19(10-8-16)15(20)21/h2-6H,7-10H2,1H3,(H,20,21). The molecule has 1 N–H and O–H groups in total. The lowest BCUT2D eigenvalue weighted by molar-refractivity contribution is 0.0550. The fourth-order valence-corrected chi connectivity index (χ4v) is 3.79. The first-order valence-corrected chi connectivity index (χ1v) is 8.01. The summed E-state index contributed by atoms with van der Waals surface area (Å²) in [6, 6.07) is 9.73. The molecule has 6 heteroatoms. The molecule has 1 saturated heterocycles. The number of piperidine rings is 1. The number of rotatable bonds is 2. The van der Waals surface area contributed by atoms with Crippen LogP contribution in [0.4, 0.5) is 9.18 Å². The van der Waals surface area contributed by atoms with Gasteiger partial charge in [0.1, 0.15) is 5.01 Å². The summed E-state index contributed by atoms with van der Waals surface area (Å²) in [6.45, 7) is 2.37. The normalized spacial score (nSPS) is 17.5. The van der Waals surface area contributed by atoms with Gasteiger partial charge in [0.25, 0.3) is 0 Å². The van der Waals surface area contributed by atoms with Gasteiger partial charge >= 0.3 is 6.09 Å². The molecule has 0 radical (unpaired) electrons. The molecule has 1 aliphatic heterocycles. The maximum absolute atomic E-state index is 15.2. The minimum atomic E-state index is -1.52. The van der Waals surface area contributed by atoms with Crippen LogP contribution in [0, 0.1) is 6.92 Å². The Bertz CT molecular complexity index is 679. The molecule has 1 fully saturated rings. The van der Waals surface area contributed by atoms with E-state index in [4.69, 9.17) is 5.11 Å². The van der Waals surface area contributed by atoms with Crippen LogP contribution in [0.2, 0.25) is 0 Å². The van der Waals surface area contributed by atoms with Gasteiger partial charge in [-0.05, 0) is 6.92 Å². The highest BCUT2D eigenvalue weighted by Gasteiger charge is 2.40. The maximum atomic E-state index is 15.2. The number of amides is 1. The lowest BCUT2D eigenvalue weighted by atomic mass is 9.94. The molecule has 1 amide bonds. The quantitative estimate of drug-likeness (QED) is 0.908. The second-order valence-electron chi connectivity index (χ2n) is 5.52. The smallest absolute Gasteiger partial charge is 0.407 e. The zero-order chi connectivity index (χ0) is 15.7. The van der Waals surface area contributed by atoms with Crippen LogP contribution < -0.4 is 0 Å². The van der Waals surface area contributed by atoms with Gasteiger partial charge in [0.05, 0.1) is 5.69 Å². The van der Waals surface area contributed by atoms with Crippen molar-refractivity contribution in [1.29, 1.82) is 0 Å². The van der Waals surface area contributed by atoms with Crippen LogP contribution in [0.25, 0.3) is 11.3 Å². The van der Waals surface area contributed by atoms with Crippen molar-refractivity contribution in [2.45, 2.75) is 25.4 Å².